The molecule has 0 fully saturated rings. The Morgan fingerprint density at radius 2 is 1.70 bits per heavy atom. The Morgan fingerprint density at radius 1 is 1.00 bits per heavy atom. The SMILES string of the molecule is O=C(O)C/C(O)=C(\C(=O)O)c1ccc2ccccc2n1. The zero-order valence-corrected chi connectivity index (χ0v) is 10.3. The fourth-order valence-corrected chi connectivity index (χ4v) is 1.82. The van der Waals surface area contributed by atoms with Crippen molar-refractivity contribution < 1.29 is 24.9 Å². The molecule has 2 aromatic rings. The van der Waals surface area contributed by atoms with E-state index in [1.54, 1.807) is 18.2 Å². The van der Waals surface area contributed by atoms with Crippen LogP contribution in [0.15, 0.2) is 42.2 Å². The average molecular weight is 273 g/mol. The van der Waals surface area contributed by atoms with Gasteiger partial charge in [0, 0.05) is 5.39 Å². The van der Waals surface area contributed by atoms with Crippen LogP contribution in [0.2, 0.25) is 0 Å². The fourth-order valence-electron chi connectivity index (χ4n) is 1.82. The molecule has 6 heteroatoms. The van der Waals surface area contributed by atoms with Gasteiger partial charge in [0.1, 0.15) is 17.8 Å². The van der Waals surface area contributed by atoms with Crippen molar-refractivity contribution in [3.63, 3.8) is 0 Å². The summed E-state index contributed by atoms with van der Waals surface area (Å²) in [5, 5.41) is 28.2. The summed E-state index contributed by atoms with van der Waals surface area (Å²) in [6.07, 6.45) is -0.768. The number of carbonyl (C=O) groups is 2. The van der Waals surface area contributed by atoms with E-state index in [1.165, 1.54) is 6.07 Å². The molecule has 102 valence electrons. The number of nitrogens with zero attached hydrogens (tertiary/aromatic N) is 1. The standard InChI is InChI=1S/C14H11NO5/c16-11(7-12(17)18)13(14(19)20)10-6-5-8-3-1-2-4-9(8)15-10/h1-6,16H,7H2,(H,17,18)(H,19,20)/b13-11+. The van der Waals surface area contributed by atoms with Gasteiger partial charge in [-0.25, -0.2) is 9.78 Å². The first-order chi connectivity index (χ1) is 9.49. The van der Waals surface area contributed by atoms with E-state index in [2.05, 4.69) is 4.98 Å². The smallest absolute Gasteiger partial charge is 0.341 e. The lowest BCUT2D eigenvalue weighted by atomic mass is 10.1. The van der Waals surface area contributed by atoms with Crippen molar-refractivity contribution in [2.24, 2.45) is 0 Å². The third-order valence-corrected chi connectivity index (χ3v) is 2.68. The third kappa shape index (κ3) is 2.74. The molecule has 0 amide bonds. The number of carboxylic acid groups (broad SMARTS) is 2. The molecule has 0 saturated carbocycles. The van der Waals surface area contributed by atoms with Crippen molar-refractivity contribution in [2.75, 3.05) is 0 Å². The molecule has 0 aliphatic rings. The maximum atomic E-state index is 11.2. The van der Waals surface area contributed by atoms with Crippen molar-refractivity contribution in [1.29, 1.82) is 0 Å². The number of aliphatic carboxylic acids is 2. The van der Waals surface area contributed by atoms with Crippen LogP contribution in [0, 0.1) is 0 Å². The van der Waals surface area contributed by atoms with Gasteiger partial charge >= 0.3 is 11.9 Å². The molecule has 1 heterocycles. The minimum atomic E-state index is -1.42. The number of benzene rings is 1. The van der Waals surface area contributed by atoms with E-state index in [0.29, 0.717) is 5.52 Å². The molecule has 6 nitrogen and oxygen atoms in total. The van der Waals surface area contributed by atoms with Crippen LogP contribution >= 0.6 is 0 Å². The van der Waals surface area contributed by atoms with Gasteiger partial charge in [-0.15, -0.1) is 0 Å². The van der Waals surface area contributed by atoms with Gasteiger partial charge in [-0.1, -0.05) is 24.3 Å². The van der Waals surface area contributed by atoms with E-state index in [4.69, 9.17) is 10.2 Å². The highest BCUT2D eigenvalue weighted by molar-refractivity contribution is 6.16. The molecular weight excluding hydrogens is 262 g/mol. The quantitative estimate of drug-likeness (QED) is 0.581. The molecule has 0 radical (unpaired) electrons. The van der Waals surface area contributed by atoms with Gasteiger partial charge in [-0.3, -0.25) is 4.79 Å². The minimum Gasteiger partial charge on any atom is -0.511 e. The Kier molecular flexibility index (Phi) is 3.65. The van der Waals surface area contributed by atoms with E-state index < -0.39 is 29.7 Å². The van der Waals surface area contributed by atoms with Crippen LogP contribution in [0.25, 0.3) is 16.5 Å². The van der Waals surface area contributed by atoms with Gasteiger partial charge in [0.2, 0.25) is 0 Å². The Labute approximate surface area is 113 Å². The minimum absolute atomic E-state index is 0.0231. The van der Waals surface area contributed by atoms with Crippen LogP contribution in [0.1, 0.15) is 12.1 Å². The summed E-state index contributed by atoms with van der Waals surface area (Å²) in [5.74, 6) is -3.47. The van der Waals surface area contributed by atoms with E-state index in [9.17, 15) is 14.7 Å². The lowest BCUT2D eigenvalue weighted by Crippen LogP contribution is -2.08. The molecular formula is C14H11NO5. The van der Waals surface area contributed by atoms with Gasteiger partial charge in [-0.2, -0.15) is 0 Å². The Hall–Kier alpha value is -2.89. The maximum Gasteiger partial charge on any atom is 0.341 e. The van der Waals surface area contributed by atoms with Crippen molar-refractivity contribution in [3.05, 3.63) is 47.9 Å². The summed E-state index contributed by atoms with van der Waals surface area (Å²) in [6, 6.07) is 10.2. The van der Waals surface area contributed by atoms with Gasteiger partial charge < -0.3 is 15.3 Å². The Morgan fingerprint density at radius 3 is 2.35 bits per heavy atom. The first-order valence-electron chi connectivity index (χ1n) is 5.72. The summed E-state index contributed by atoms with van der Waals surface area (Å²) in [4.78, 5) is 25.9. The molecule has 1 aromatic carbocycles. The number of carboxylic acids is 2. The number of rotatable bonds is 4. The van der Waals surface area contributed by atoms with Crippen molar-refractivity contribution in [2.45, 2.75) is 6.42 Å². The summed E-state index contributed by atoms with van der Waals surface area (Å²) in [7, 11) is 0. The van der Waals surface area contributed by atoms with Gasteiger partial charge in [0.05, 0.1) is 11.2 Å². The van der Waals surface area contributed by atoms with E-state index in [1.807, 2.05) is 12.1 Å². The molecule has 0 unspecified atom stereocenters. The zero-order chi connectivity index (χ0) is 14.7. The van der Waals surface area contributed by atoms with Gasteiger partial charge in [0.25, 0.3) is 0 Å². The Balaban J connectivity index is 2.57. The number of hydrogen-bond donors (Lipinski definition) is 3. The lowest BCUT2D eigenvalue weighted by molar-refractivity contribution is -0.136. The first kappa shape index (κ1) is 13.5. The predicted molar refractivity (Wildman–Crippen MR) is 71.2 cm³/mol. The predicted octanol–water partition coefficient (Wildman–Crippen LogP) is 2.06. The topological polar surface area (TPSA) is 108 Å². The summed E-state index contributed by atoms with van der Waals surface area (Å²) in [6.45, 7) is 0. The highest BCUT2D eigenvalue weighted by Gasteiger charge is 2.20. The lowest BCUT2D eigenvalue weighted by Gasteiger charge is -2.06. The van der Waals surface area contributed by atoms with Crippen LogP contribution in [0.4, 0.5) is 0 Å². The van der Waals surface area contributed by atoms with Gasteiger partial charge in [0.15, 0.2) is 0 Å². The van der Waals surface area contributed by atoms with Crippen molar-refractivity contribution in [1.82, 2.24) is 4.98 Å². The van der Waals surface area contributed by atoms with Crippen LogP contribution in [0.5, 0.6) is 0 Å². The highest BCUT2D eigenvalue weighted by Crippen LogP contribution is 2.21. The Bertz CT molecular complexity index is 720. The number of fused-ring (bicyclic) bond motifs is 1. The fraction of sp³-hybridized carbons (Fsp3) is 0.0714. The van der Waals surface area contributed by atoms with Crippen LogP contribution in [0.3, 0.4) is 0 Å². The molecule has 0 aliphatic heterocycles. The molecule has 0 aliphatic carbocycles. The summed E-state index contributed by atoms with van der Waals surface area (Å²) < 4.78 is 0. The summed E-state index contributed by atoms with van der Waals surface area (Å²) in [5.41, 5.74) is 0.0833. The number of para-hydroxylation sites is 1. The van der Waals surface area contributed by atoms with Crippen LogP contribution < -0.4 is 0 Å². The highest BCUT2D eigenvalue weighted by atomic mass is 16.4. The third-order valence-electron chi connectivity index (χ3n) is 2.68. The molecule has 1 aromatic heterocycles. The van der Waals surface area contributed by atoms with Crippen molar-refractivity contribution >= 4 is 28.4 Å². The molecule has 0 saturated heterocycles. The number of aromatic nitrogens is 1. The van der Waals surface area contributed by atoms with Gasteiger partial charge in [-0.05, 0) is 12.1 Å². The molecule has 0 bridgehead atoms. The largest absolute Gasteiger partial charge is 0.511 e. The van der Waals surface area contributed by atoms with Crippen molar-refractivity contribution in [3.8, 4) is 0 Å². The summed E-state index contributed by atoms with van der Waals surface area (Å²) >= 11 is 0. The number of hydrogen-bond acceptors (Lipinski definition) is 4. The van der Waals surface area contributed by atoms with E-state index >= 15 is 0 Å². The second-order valence-corrected chi connectivity index (χ2v) is 4.09. The molecule has 3 N–H and O–H groups in total. The van der Waals surface area contributed by atoms with E-state index in [-0.39, 0.29) is 5.69 Å². The maximum absolute atomic E-state index is 11.2. The van der Waals surface area contributed by atoms with Crippen LogP contribution in [-0.2, 0) is 9.59 Å². The molecule has 20 heavy (non-hydrogen) atoms. The zero-order valence-electron chi connectivity index (χ0n) is 10.3. The average Bonchev–Trinajstić information content (AvgIpc) is 2.37. The molecule has 0 spiro atoms. The molecule has 2 rings (SSSR count). The monoisotopic (exact) mass is 273 g/mol. The second-order valence-electron chi connectivity index (χ2n) is 4.09. The number of aliphatic hydroxyl groups excluding tert-OH is 1. The van der Waals surface area contributed by atoms with E-state index in [0.717, 1.165) is 5.39 Å². The second kappa shape index (κ2) is 5.40. The van der Waals surface area contributed by atoms with Crippen LogP contribution in [-0.4, -0.2) is 32.2 Å². The normalized spacial score (nSPS) is 12.0. The first-order valence-corrected chi connectivity index (χ1v) is 5.72. The number of pyridine rings is 1. The number of aliphatic hydroxyl groups is 1. The molecule has 0 atom stereocenters.